The van der Waals surface area contributed by atoms with Crippen molar-refractivity contribution in [1.82, 2.24) is 14.8 Å². The molecule has 8 heteroatoms. The number of hydrogen-bond acceptors (Lipinski definition) is 6. The second kappa shape index (κ2) is 9.18. The monoisotopic (exact) mass is 401 g/mol. The van der Waals surface area contributed by atoms with E-state index in [0.717, 1.165) is 23.0 Å². The van der Waals surface area contributed by atoms with E-state index in [4.69, 9.17) is 14.2 Å². The van der Waals surface area contributed by atoms with Crippen LogP contribution in [0.25, 0.3) is 5.69 Å². The molecule has 1 aliphatic rings. The molecule has 0 amide bonds. The first-order chi connectivity index (χ1) is 13.8. The van der Waals surface area contributed by atoms with Gasteiger partial charge in [0.2, 0.25) is 0 Å². The average Bonchev–Trinajstić information content (AvgIpc) is 3.16. The van der Waals surface area contributed by atoms with Gasteiger partial charge in [-0.3, -0.25) is 4.57 Å². The van der Waals surface area contributed by atoms with E-state index < -0.39 is 5.82 Å². The number of thioether (sulfide) groups is 1. The van der Waals surface area contributed by atoms with Gasteiger partial charge in [-0.1, -0.05) is 42.1 Å². The van der Waals surface area contributed by atoms with Crippen molar-refractivity contribution in [2.75, 3.05) is 19.2 Å². The van der Waals surface area contributed by atoms with Crippen LogP contribution in [0.5, 0.6) is 5.75 Å². The van der Waals surface area contributed by atoms with Crippen molar-refractivity contribution in [2.45, 2.75) is 24.3 Å². The topological polar surface area (TPSA) is 58.4 Å². The van der Waals surface area contributed by atoms with E-state index in [9.17, 15) is 4.39 Å². The van der Waals surface area contributed by atoms with E-state index >= 15 is 0 Å². The van der Waals surface area contributed by atoms with Gasteiger partial charge in [-0.05, 0) is 30.7 Å². The molecule has 6 nitrogen and oxygen atoms in total. The summed E-state index contributed by atoms with van der Waals surface area (Å²) in [6, 6.07) is 16.1. The minimum absolute atomic E-state index is 0.108. The molecule has 3 aromatic rings. The molecular formula is C20H20FN3O3S. The number of aromatic nitrogens is 3. The molecular weight excluding hydrogens is 381 g/mol. The summed E-state index contributed by atoms with van der Waals surface area (Å²) in [4.78, 5) is 0. The summed E-state index contributed by atoms with van der Waals surface area (Å²) >= 11 is 1.57. The highest BCUT2D eigenvalue weighted by Gasteiger charge is 2.19. The Morgan fingerprint density at radius 2 is 1.93 bits per heavy atom. The first-order valence-electron chi connectivity index (χ1n) is 9.00. The van der Waals surface area contributed by atoms with Gasteiger partial charge in [0.1, 0.15) is 13.4 Å². The fraction of sp³-hybridized carbons (Fsp3) is 0.300. The number of halogens is 1. The van der Waals surface area contributed by atoms with Gasteiger partial charge in [-0.2, -0.15) is 0 Å². The van der Waals surface area contributed by atoms with Crippen molar-refractivity contribution < 1.29 is 18.6 Å². The number of ether oxygens (including phenoxy) is 3. The summed E-state index contributed by atoms with van der Waals surface area (Å²) in [5, 5.41) is 9.35. The predicted octanol–water partition coefficient (Wildman–Crippen LogP) is 3.84. The SMILES string of the molecule is Fc1ccccc1OCc1nnc(SC[C@@H]2CCOCO2)n1-c1ccccc1. The number of rotatable bonds is 7. The van der Waals surface area contributed by atoms with Crippen LogP contribution in [0.3, 0.4) is 0 Å². The van der Waals surface area contributed by atoms with Crippen LogP contribution in [-0.2, 0) is 16.1 Å². The van der Waals surface area contributed by atoms with Crippen molar-refractivity contribution in [2.24, 2.45) is 0 Å². The highest BCUT2D eigenvalue weighted by molar-refractivity contribution is 7.99. The molecule has 1 saturated heterocycles. The molecule has 0 radical (unpaired) electrons. The quantitative estimate of drug-likeness (QED) is 0.561. The van der Waals surface area contributed by atoms with Gasteiger partial charge in [0.05, 0.1) is 12.7 Å². The second-order valence-corrected chi connectivity index (χ2v) is 7.19. The highest BCUT2D eigenvalue weighted by atomic mass is 32.2. The summed E-state index contributed by atoms with van der Waals surface area (Å²) in [6.07, 6.45) is 0.980. The second-order valence-electron chi connectivity index (χ2n) is 6.20. The molecule has 0 spiro atoms. The number of hydrogen-bond donors (Lipinski definition) is 0. The Kier molecular flexibility index (Phi) is 6.20. The van der Waals surface area contributed by atoms with Crippen LogP contribution in [0.4, 0.5) is 4.39 Å². The number of nitrogens with zero attached hydrogens (tertiary/aromatic N) is 3. The lowest BCUT2D eigenvalue weighted by molar-refractivity contribution is -0.130. The van der Waals surface area contributed by atoms with E-state index in [2.05, 4.69) is 10.2 Å². The minimum Gasteiger partial charge on any atom is -0.483 e. The summed E-state index contributed by atoms with van der Waals surface area (Å²) in [5.41, 5.74) is 0.926. The zero-order valence-corrected chi connectivity index (χ0v) is 16.0. The Labute approximate surface area is 166 Å². The Balaban J connectivity index is 1.54. The normalized spacial score (nSPS) is 16.8. The number of benzene rings is 2. The smallest absolute Gasteiger partial charge is 0.196 e. The highest BCUT2D eigenvalue weighted by Crippen LogP contribution is 2.25. The summed E-state index contributed by atoms with van der Waals surface area (Å²) in [5.74, 6) is 1.14. The molecule has 146 valence electrons. The molecule has 1 aromatic heterocycles. The fourth-order valence-electron chi connectivity index (χ4n) is 2.83. The third-order valence-electron chi connectivity index (χ3n) is 4.28. The molecule has 0 unspecified atom stereocenters. The van der Waals surface area contributed by atoms with E-state index in [1.165, 1.54) is 6.07 Å². The minimum atomic E-state index is -0.403. The summed E-state index contributed by atoms with van der Waals surface area (Å²) < 4.78 is 32.3. The first-order valence-corrected chi connectivity index (χ1v) is 9.99. The largest absolute Gasteiger partial charge is 0.483 e. The van der Waals surface area contributed by atoms with Gasteiger partial charge in [0, 0.05) is 11.4 Å². The zero-order valence-electron chi connectivity index (χ0n) is 15.2. The van der Waals surface area contributed by atoms with Crippen molar-refractivity contribution in [1.29, 1.82) is 0 Å². The Morgan fingerprint density at radius 3 is 2.71 bits per heavy atom. The first kappa shape index (κ1) is 18.9. The summed E-state index contributed by atoms with van der Waals surface area (Å²) in [6.45, 7) is 1.15. The zero-order chi connectivity index (χ0) is 19.2. The van der Waals surface area contributed by atoms with Gasteiger partial charge >= 0.3 is 0 Å². The van der Waals surface area contributed by atoms with E-state index in [1.54, 1.807) is 30.0 Å². The molecule has 0 saturated carbocycles. The van der Waals surface area contributed by atoms with Gasteiger partial charge < -0.3 is 14.2 Å². The van der Waals surface area contributed by atoms with Crippen molar-refractivity contribution in [3.8, 4) is 11.4 Å². The van der Waals surface area contributed by atoms with Crippen LogP contribution in [0.1, 0.15) is 12.2 Å². The molecule has 0 aliphatic carbocycles. The standard InChI is InChI=1S/C20H20FN3O3S/c21-17-8-4-5-9-18(17)26-12-19-22-23-20(24(19)15-6-2-1-3-7-15)28-13-16-10-11-25-14-27-16/h1-9,16H,10-14H2/t16-/m0/s1. The molecule has 28 heavy (non-hydrogen) atoms. The van der Waals surface area contributed by atoms with Gasteiger partial charge in [0.15, 0.2) is 22.5 Å². The Hall–Kier alpha value is -2.42. The maximum Gasteiger partial charge on any atom is 0.196 e. The molecule has 0 N–H and O–H groups in total. The predicted molar refractivity (Wildman–Crippen MR) is 103 cm³/mol. The van der Waals surface area contributed by atoms with E-state index in [0.29, 0.717) is 19.2 Å². The van der Waals surface area contributed by atoms with Crippen molar-refractivity contribution in [3.05, 3.63) is 66.2 Å². The van der Waals surface area contributed by atoms with Crippen LogP contribution in [0.2, 0.25) is 0 Å². The number of para-hydroxylation sites is 2. The van der Waals surface area contributed by atoms with Crippen LogP contribution < -0.4 is 4.74 Å². The maximum absolute atomic E-state index is 13.9. The van der Waals surface area contributed by atoms with E-state index in [-0.39, 0.29) is 18.5 Å². The van der Waals surface area contributed by atoms with Crippen molar-refractivity contribution in [3.63, 3.8) is 0 Å². The van der Waals surface area contributed by atoms with E-state index in [1.807, 2.05) is 34.9 Å². The Bertz CT molecular complexity index is 901. The molecule has 4 rings (SSSR count). The third kappa shape index (κ3) is 4.52. The maximum atomic E-state index is 13.9. The fourth-order valence-corrected chi connectivity index (χ4v) is 3.86. The molecule has 0 bridgehead atoms. The lowest BCUT2D eigenvalue weighted by Crippen LogP contribution is -2.25. The molecule has 2 heterocycles. The molecule has 1 atom stereocenters. The third-order valence-corrected chi connectivity index (χ3v) is 5.34. The van der Waals surface area contributed by atoms with Gasteiger partial charge in [-0.25, -0.2) is 4.39 Å². The lowest BCUT2D eigenvalue weighted by Gasteiger charge is -2.22. The van der Waals surface area contributed by atoms with Gasteiger partial charge in [-0.15, -0.1) is 10.2 Å². The molecule has 1 aliphatic heterocycles. The molecule has 1 fully saturated rings. The van der Waals surface area contributed by atoms with Crippen LogP contribution >= 0.6 is 11.8 Å². The van der Waals surface area contributed by atoms with Crippen LogP contribution in [0, 0.1) is 5.82 Å². The average molecular weight is 401 g/mol. The lowest BCUT2D eigenvalue weighted by atomic mass is 10.3. The van der Waals surface area contributed by atoms with Crippen LogP contribution in [0.15, 0.2) is 59.8 Å². The van der Waals surface area contributed by atoms with Crippen LogP contribution in [-0.4, -0.2) is 40.0 Å². The Morgan fingerprint density at radius 1 is 1.11 bits per heavy atom. The van der Waals surface area contributed by atoms with Gasteiger partial charge in [0.25, 0.3) is 0 Å². The van der Waals surface area contributed by atoms with Crippen molar-refractivity contribution >= 4 is 11.8 Å². The summed E-state index contributed by atoms with van der Waals surface area (Å²) in [7, 11) is 0. The molecule has 2 aromatic carbocycles.